The molecule has 0 unspecified atom stereocenters. The highest BCUT2D eigenvalue weighted by Crippen LogP contribution is 2.33. The van der Waals surface area contributed by atoms with Crippen LogP contribution < -0.4 is 15.1 Å². The molecule has 0 radical (unpaired) electrons. The Balaban J connectivity index is 1.23. The van der Waals surface area contributed by atoms with Crippen molar-refractivity contribution < 1.29 is 40.8 Å². The summed E-state index contributed by atoms with van der Waals surface area (Å²) in [5.41, 5.74) is -0.481. The van der Waals surface area contributed by atoms with E-state index in [-0.39, 0.29) is 48.1 Å². The van der Waals surface area contributed by atoms with Crippen LogP contribution in [0.4, 0.5) is 38.7 Å². The predicted octanol–water partition coefficient (Wildman–Crippen LogP) is 4.39. The Hall–Kier alpha value is -4.57. The van der Waals surface area contributed by atoms with Crippen LogP contribution in [0.1, 0.15) is 61.3 Å². The van der Waals surface area contributed by atoms with Crippen LogP contribution in [0.2, 0.25) is 0 Å². The third-order valence-electron chi connectivity index (χ3n) is 7.82. The van der Waals surface area contributed by atoms with E-state index in [1.807, 2.05) is 0 Å². The first-order valence-electron chi connectivity index (χ1n) is 14.5. The number of aromatic nitrogens is 4. The van der Waals surface area contributed by atoms with E-state index in [0.29, 0.717) is 25.9 Å². The number of nitrogens with one attached hydrogen (secondary N) is 1. The first-order valence-corrected chi connectivity index (χ1v) is 14.5. The van der Waals surface area contributed by atoms with Gasteiger partial charge in [-0.3, -0.25) is 4.79 Å². The molecule has 248 valence electrons. The zero-order chi connectivity index (χ0) is 33.4. The largest absolute Gasteiger partial charge is 0.455 e. The van der Waals surface area contributed by atoms with E-state index in [9.17, 15) is 31.5 Å². The van der Waals surface area contributed by atoms with Crippen molar-refractivity contribution in [2.75, 3.05) is 43.0 Å². The van der Waals surface area contributed by atoms with Crippen LogP contribution in [0.15, 0.2) is 35.1 Å². The molecule has 17 heteroatoms. The smallest absolute Gasteiger partial charge is 0.444 e. The molecule has 0 saturated carbocycles. The Kier molecular flexibility index (Phi) is 9.04. The molecule has 1 aromatic carbocycles. The molecule has 5 rings (SSSR count). The summed E-state index contributed by atoms with van der Waals surface area (Å²) in [5, 5.41) is 5.74. The number of halogens is 5. The standard InChI is InChI=1S/C29H33F5N8O4/c1-28(2,3)45-27(44)37-22-15-42(14-20(22)19-11-17(30)5-6-21(19)31)25-35-12-16(13-36-25)23(43)40(4)18-7-9-41(10-8-18)26-38-24(39-46-26)29(32,33)34/h5-6,11-13,18,20,22H,7-10,14-15H2,1-4H3,(H,37,44)/t20-,22+/m1/s1. The molecule has 4 heterocycles. The Morgan fingerprint density at radius 2 is 1.72 bits per heavy atom. The molecule has 2 aliphatic heterocycles. The van der Waals surface area contributed by atoms with Gasteiger partial charge < -0.3 is 29.3 Å². The molecule has 3 aromatic rings. The maximum Gasteiger partial charge on any atom is 0.455 e. The van der Waals surface area contributed by atoms with Crippen molar-refractivity contribution >= 4 is 24.0 Å². The van der Waals surface area contributed by atoms with Crippen molar-refractivity contribution in [3.05, 3.63) is 59.2 Å². The molecule has 0 spiro atoms. The quantitative estimate of drug-likeness (QED) is 0.383. The maximum atomic E-state index is 14.8. The molecule has 0 bridgehead atoms. The van der Waals surface area contributed by atoms with Gasteiger partial charge in [0, 0.05) is 57.6 Å². The van der Waals surface area contributed by atoms with E-state index in [4.69, 9.17) is 9.26 Å². The molecule has 2 atom stereocenters. The highest BCUT2D eigenvalue weighted by Gasteiger charge is 2.40. The summed E-state index contributed by atoms with van der Waals surface area (Å²) in [6.07, 6.45) is -1.80. The molecule has 2 saturated heterocycles. The molecule has 12 nitrogen and oxygen atoms in total. The highest BCUT2D eigenvalue weighted by atomic mass is 19.4. The number of piperidine rings is 1. The minimum atomic E-state index is -4.71. The molecule has 2 aromatic heterocycles. The zero-order valence-electron chi connectivity index (χ0n) is 25.5. The molecule has 0 aliphatic carbocycles. The fourth-order valence-corrected chi connectivity index (χ4v) is 5.55. The number of ether oxygens (including phenoxy) is 1. The van der Waals surface area contributed by atoms with Crippen LogP contribution in [0.5, 0.6) is 0 Å². The molecule has 2 fully saturated rings. The number of benzene rings is 1. The summed E-state index contributed by atoms with van der Waals surface area (Å²) in [4.78, 5) is 42.7. The van der Waals surface area contributed by atoms with Gasteiger partial charge in [-0.05, 0) is 62.5 Å². The number of anilines is 2. The fourth-order valence-electron chi connectivity index (χ4n) is 5.55. The van der Waals surface area contributed by atoms with E-state index in [1.165, 1.54) is 17.3 Å². The van der Waals surface area contributed by atoms with Crippen molar-refractivity contribution in [1.29, 1.82) is 0 Å². The Bertz CT molecular complexity index is 1550. The molecule has 2 amide bonds. The molecule has 46 heavy (non-hydrogen) atoms. The van der Waals surface area contributed by atoms with E-state index < -0.39 is 47.3 Å². The molecule has 1 N–H and O–H groups in total. The Morgan fingerprint density at radius 1 is 1.04 bits per heavy atom. The molecule has 2 aliphatic rings. The maximum absolute atomic E-state index is 14.8. The Labute approximate surface area is 260 Å². The van der Waals surface area contributed by atoms with Gasteiger partial charge in [0.15, 0.2) is 0 Å². The number of hydrogen-bond donors (Lipinski definition) is 1. The summed E-state index contributed by atoms with van der Waals surface area (Å²) in [6.45, 7) is 6.05. The molecular weight excluding hydrogens is 619 g/mol. The lowest BCUT2D eigenvalue weighted by atomic mass is 9.94. The number of carbonyl (C=O) groups excluding carboxylic acids is 2. The zero-order valence-corrected chi connectivity index (χ0v) is 25.5. The van der Waals surface area contributed by atoms with Crippen molar-refractivity contribution in [3.8, 4) is 0 Å². The van der Waals surface area contributed by atoms with Crippen LogP contribution in [-0.2, 0) is 10.9 Å². The summed E-state index contributed by atoms with van der Waals surface area (Å²) >= 11 is 0. The minimum absolute atomic E-state index is 0.0860. The summed E-state index contributed by atoms with van der Waals surface area (Å²) in [7, 11) is 1.62. The Morgan fingerprint density at radius 3 is 2.33 bits per heavy atom. The number of rotatable bonds is 6. The third-order valence-corrected chi connectivity index (χ3v) is 7.82. The van der Waals surface area contributed by atoms with E-state index in [1.54, 1.807) is 37.6 Å². The number of alkyl carbamates (subject to hydrolysis) is 1. The van der Waals surface area contributed by atoms with Gasteiger partial charge in [0.1, 0.15) is 17.2 Å². The number of alkyl halides is 3. The number of carbonyl (C=O) groups is 2. The second-order valence-electron chi connectivity index (χ2n) is 12.2. The number of nitrogens with zero attached hydrogens (tertiary/aromatic N) is 7. The van der Waals surface area contributed by atoms with Gasteiger partial charge in [-0.2, -0.15) is 18.2 Å². The average molecular weight is 653 g/mol. The first kappa shape index (κ1) is 32.8. The van der Waals surface area contributed by atoms with Gasteiger partial charge in [0.25, 0.3) is 11.7 Å². The summed E-state index contributed by atoms with van der Waals surface area (Å²) in [5.74, 6) is -3.38. The fraction of sp³-hybridized carbons (Fsp3) is 0.517. The lowest BCUT2D eigenvalue weighted by Crippen LogP contribution is -2.45. The van der Waals surface area contributed by atoms with Crippen LogP contribution in [0, 0.1) is 11.6 Å². The third kappa shape index (κ3) is 7.45. The summed E-state index contributed by atoms with van der Waals surface area (Å²) in [6, 6.07) is 2.04. The van der Waals surface area contributed by atoms with Crippen molar-refractivity contribution in [3.63, 3.8) is 0 Å². The van der Waals surface area contributed by atoms with Gasteiger partial charge >= 0.3 is 18.3 Å². The van der Waals surface area contributed by atoms with Crippen LogP contribution in [0.25, 0.3) is 0 Å². The first-order chi connectivity index (χ1) is 21.6. The van der Waals surface area contributed by atoms with Crippen molar-refractivity contribution in [2.45, 2.75) is 63.4 Å². The monoisotopic (exact) mass is 652 g/mol. The van der Waals surface area contributed by atoms with Gasteiger partial charge in [-0.15, -0.1) is 0 Å². The van der Waals surface area contributed by atoms with Crippen LogP contribution in [0.3, 0.4) is 0 Å². The van der Waals surface area contributed by atoms with Crippen LogP contribution in [-0.4, -0.2) is 87.9 Å². The van der Waals surface area contributed by atoms with Gasteiger partial charge in [-0.25, -0.2) is 23.5 Å². The lowest BCUT2D eigenvalue weighted by molar-refractivity contribution is -0.146. The topological polar surface area (TPSA) is 130 Å². The van der Waals surface area contributed by atoms with Crippen LogP contribution >= 0.6 is 0 Å². The highest BCUT2D eigenvalue weighted by molar-refractivity contribution is 5.93. The van der Waals surface area contributed by atoms with E-state index in [0.717, 1.165) is 18.2 Å². The van der Waals surface area contributed by atoms with Gasteiger partial charge in [-0.1, -0.05) is 0 Å². The normalized spacial score (nSPS) is 19.3. The number of hydrogen-bond acceptors (Lipinski definition) is 10. The lowest BCUT2D eigenvalue weighted by Gasteiger charge is -2.35. The van der Waals surface area contributed by atoms with Crippen molar-refractivity contribution in [2.24, 2.45) is 0 Å². The second-order valence-corrected chi connectivity index (χ2v) is 12.2. The predicted molar refractivity (Wildman–Crippen MR) is 153 cm³/mol. The minimum Gasteiger partial charge on any atom is -0.444 e. The number of amides is 2. The summed E-state index contributed by atoms with van der Waals surface area (Å²) < 4.78 is 77.5. The average Bonchev–Trinajstić information content (AvgIpc) is 3.65. The van der Waals surface area contributed by atoms with E-state index >= 15 is 0 Å². The van der Waals surface area contributed by atoms with Gasteiger partial charge in [0.2, 0.25) is 5.95 Å². The van der Waals surface area contributed by atoms with E-state index in [2.05, 4.69) is 25.4 Å². The molecular formula is C29H33F5N8O4. The SMILES string of the molecule is CN(C(=O)c1cnc(N2C[C@H](NC(=O)OC(C)(C)C)[C@@H](c3cc(F)ccc3F)C2)nc1)C1CCN(c2nc(C(F)(F)F)no2)CC1. The van der Waals surface area contributed by atoms with Crippen molar-refractivity contribution in [1.82, 2.24) is 30.3 Å². The van der Waals surface area contributed by atoms with Gasteiger partial charge in [0.05, 0.1) is 11.6 Å². The second kappa shape index (κ2) is 12.7.